The monoisotopic (exact) mass is 189 g/mol. The van der Waals surface area contributed by atoms with E-state index in [1.54, 1.807) is 11.8 Å². The third-order valence-electron chi connectivity index (χ3n) is 1.40. The van der Waals surface area contributed by atoms with Crippen LogP contribution in [0.25, 0.3) is 5.32 Å². The van der Waals surface area contributed by atoms with E-state index in [2.05, 4.69) is 5.32 Å². The number of halogens is 1. The average molecular weight is 190 g/mol. The van der Waals surface area contributed by atoms with Crippen molar-refractivity contribution in [3.05, 3.63) is 40.1 Å². The van der Waals surface area contributed by atoms with Gasteiger partial charge in [0.1, 0.15) is 0 Å². The van der Waals surface area contributed by atoms with Crippen LogP contribution in [0.15, 0.2) is 39.7 Å². The van der Waals surface area contributed by atoms with E-state index in [0.29, 0.717) is 0 Å². The molecule has 0 saturated carbocycles. The molecule has 12 heavy (non-hydrogen) atoms. The van der Waals surface area contributed by atoms with E-state index in [-0.39, 0.29) is 18.9 Å². The molecular weight excluding hydrogens is 185 g/mol. The van der Waals surface area contributed by atoms with Crippen LogP contribution in [0.5, 0.6) is 0 Å². The van der Waals surface area contributed by atoms with Gasteiger partial charge in [0.05, 0.1) is 0 Å². The third kappa shape index (κ3) is 1.84. The van der Waals surface area contributed by atoms with Crippen LogP contribution in [0, 0.1) is 0 Å². The molecule has 0 spiro atoms. The number of rotatable bonds is 0. The molecule has 0 radical (unpaired) electrons. The Hall–Kier alpha value is -0.00260. The summed E-state index contributed by atoms with van der Waals surface area (Å²) in [7, 11) is 0. The zero-order chi connectivity index (χ0) is 7.68. The first-order valence-corrected chi connectivity index (χ1v) is 4.44. The van der Waals surface area contributed by atoms with Crippen molar-refractivity contribution in [2.24, 2.45) is 0 Å². The summed E-state index contributed by atoms with van der Waals surface area (Å²) in [6.45, 7) is 0. The molecule has 0 aliphatic carbocycles. The molecule has 0 aromatic heterocycles. The van der Waals surface area contributed by atoms with Crippen molar-refractivity contribution in [1.29, 1.82) is 0 Å². The van der Waals surface area contributed by atoms with E-state index in [0.717, 1.165) is 10.7 Å². The number of fused-ring (bicyclic) bond motifs is 1. The summed E-state index contributed by atoms with van der Waals surface area (Å²) >= 11 is 7.12. The van der Waals surface area contributed by atoms with Crippen molar-refractivity contribution in [3.8, 4) is 0 Å². The zero-order valence-electron chi connectivity index (χ0n) is 6.62. The Labute approximate surface area is 92.7 Å². The van der Waals surface area contributed by atoms with E-state index in [1.807, 2.05) is 24.3 Å². The van der Waals surface area contributed by atoms with Gasteiger partial charge in [0.15, 0.2) is 0 Å². The summed E-state index contributed by atoms with van der Waals surface area (Å²) < 4.78 is 0. The number of thioether (sulfide) groups is 1. The number of nitrogens with zero attached hydrogens (tertiary/aromatic N) is 1. The van der Waals surface area contributed by atoms with E-state index >= 15 is 0 Å². The van der Waals surface area contributed by atoms with E-state index in [4.69, 9.17) is 11.6 Å². The van der Waals surface area contributed by atoms with Gasteiger partial charge in [-0.1, -0.05) is 34.8 Å². The van der Waals surface area contributed by atoms with Gasteiger partial charge in [0, 0.05) is 0 Å². The summed E-state index contributed by atoms with van der Waals surface area (Å²) in [6.07, 6.45) is 0. The smallest absolute Gasteiger partial charge is 0.650 e. The van der Waals surface area contributed by atoms with Crippen molar-refractivity contribution in [2.45, 2.75) is 4.90 Å². The quantitative estimate of drug-likeness (QED) is 0.552. The van der Waals surface area contributed by atoms with Gasteiger partial charge in [-0.25, -0.2) is 0 Å². The normalized spacial score (nSPS) is 16.6. The second-order valence-corrected chi connectivity index (χ2v) is 3.41. The van der Waals surface area contributed by atoms with Gasteiger partial charge in [0.2, 0.25) is 0 Å². The molecule has 4 heteroatoms. The first-order chi connectivity index (χ1) is 5.40. The van der Waals surface area contributed by atoms with Crippen LogP contribution in [0.3, 0.4) is 0 Å². The van der Waals surface area contributed by atoms with Crippen LogP contribution < -0.4 is 18.9 Å². The van der Waals surface area contributed by atoms with Gasteiger partial charge in [0.25, 0.3) is 0 Å². The molecule has 1 aliphatic rings. The maximum Gasteiger partial charge on any atom is 1.00 e. The van der Waals surface area contributed by atoms with E-state index in [1.165, 1.54) is 10.4 Å². The van der Waals surface area contributed by atoms with Gasteiger partial charge in [-0.05, 0) is 16.5 Å². The standard InChI is InChI=1S/C8H5ClNS.Li/c9-5-8-10-6-3-1-2-4-7(6)11-8;/h1-5H;/q-1;+1/b8-5+;. The Morgan fingerprint density at radius 2 is 2.08 bits per heavy atom. The predicted octanol–water partition coefficient (Wildman–Crippen LogP) is 0.839. The molecule has 56 valence electrons. The zero-order valence-corrected chi connectivity index (χ0v) is 8.19. The number of hydrogen-bond acceptors (Lipinski definition) is 1. The van der Waals surface area contributed by atoms with Crippen molar-refractivity contribution in [1.82, 2.24) is 0 Å². The summed E-state index contributed by atoms with van der Waals surface area (Å²) in [5.74, 6) is 0. The fourth-order valence-corrected chi connectivity index (χ4v) is 1.90. The topological polar surface area (TPSA) is 14.1 Å². The number of hydrogen-bond donors (Lipinski definition) is 0. The van der Waals surface area contributed by atoms with E-state index in [9.17, 15) is 0 Å². The van der Waals surface area contributed by atoms with Crippen molar-refractivity contribution < 1.29 is 18.9 Å². The minimum atomic E-state index is 0. The first kappa shape index (κ1) is 10.1. The molecule has 1 aromatic rings. The maximum atomic E-state index is 5.52. The minimum Gasteiger partial charge on any atom is -0.650 e. The molecule has 0 N–H and O–H groups in total. The molecule has 0 unspecified atom stereocenters. The summed E-state index contributed by atoms with van der Waals surface area (Å²) in [6, 6.07) is 7.99. The largest absolute Gasteiger partial charge is 1.00 e. The van der Waals surface area contributed by atoms with Crippen LogP contribution in [0.1, 0.15) is 0 Å². The number of para-hydroxylation sites is 1. The Kier molecular flexibility index (Phi) is 3.61. The van der Waals surface area contributed by atoms with Crippen LogP contribution in [-0.4, -0.2) is 0 Å². The van der Waals surface area contributed by atoms with Crippen molar-refractivity contribution >= 4 is 29.1 Å². The Bertz CT molecular complexity index is 287. The summed E-state index contributed by atoms with van der Waals surface area (Å²) in [5, 5.41) is 5.13. The summed E-state index contributed by atoms with van der Waals surface area (Å²) in [4.78, 5) is 1.18. The van der Waals surface area contributed by atoms with Crippen LogP contribution in [0.2, 0.25) is 0 Å². The van der Waals surface area contributed by atoms with Gasteiger partial charge in [-0.3, -0.25) is 0 Å². The molecule has 1 nitrogen and oxygen atoms in total. The molecule has 2 rings (SSSR count). The third-order valence-corrected chi connectivity index (χ3v) is 2.72. The van der Waals surface area contributed by atoms with Gasteiger partial charge in [-0.15, -0.1) is 17.4 Å². The van der Waals surface area contributed by atoms with Gasteiger partial charge in [-0.2, -0.15) is 0 Å². The molecule has 0 atom stereocenters. The predicted molar refractivity (Wildman–Crippen MR) is 49.3 cm³/mol. The number of benzene rings is 1. The van der Waals surface area contributed by atoms with Crippen LogP contribution >= 0.6 is 23.4 Å². The second-order valence-electron chi connectivity index (χ2n) is 2.13. The molecule has 1 heterocycles. The summed E-state index contributed by atoms with van der Waals surface area (Å²) in [5.41, 5.74) is 2.52. The molecule has 1 aliphatic heterocycles. The Morgan fingerprint density at radius 1 is 1.33 bits per heavy atom. The fourth-order valence-electron chi connectivity index (χ4n) is 0.937. The molecule has 0 amide bonds. The second kappa shape index (κ2) is 4.30. The SMILES string of the molecule is Cl/C=C1\[N-]c2ccccc2S1.[Li+]. The molecule has 1 aromatic carbocycles. The molecule has 0 fully saturated rings. The minimum absolute atomic E-state index is 0. The van der Waals surface area contributed by atoms with Crippen LogP contribution in [-0.2, 0) is 0 Å². The fraction of sp³-hybridized carbons (Fsp3) is 0. The molecular formula is C8H5ClLiNS. The van der Waals surface area contributed by atoms with E-state index < -0.39 is 0 Å². The maximum absolute atomic E-state index is 5.52. The Morgan fingerprint density at radius 3 is 2.75 bits per heavy atom. The van der Waals surface area contributed by atoms with Gasteiger partial charge < -0.3 is 5.32 Å². The molecule has 0 bridgehead atoms. The van der Waals surface area contributed by atoms with Crippen LogP contribution in [0.4, 0.5) is 5.69 Å². The Balaban J connectivity index is 0.000000720. The molecule has 0 saturated heterocycles. The average Bonchev–Trinajstić information content (AvgIpc) is 2.46. The first-order valence-electron chi connectivity index (χ1n) is 3.19. The van der Waals surface area contributed by atoms with Gasteiger partial charge >= 0.3 is 18.9 Å². The van der Waals surface area contributed by atoms with Crippen molar-refractivity contribution in [3.63, 3.8) is 0 Å². The van der Waals surface area contributed by atoms with Crippen molar-refractivity contribution in [2.75, 3.05) is 0 Å².